The monoisotopic (exact) mass is 250 g/mol. The first kappa shape index (κ1) is 15.0. The summed E-state index contributed by atoms with van der Waals surface area (Å²) in [5.41, 5.74) is 0. The highest BCUT2D eigenvalue weighted by Crippen LogP contribution is 2.07. The van der Waals surface area contributed by atoms with Crippen LogP contribution in [-0.4, -0.2) is 44.7 Å². The molecule has 1 aromatic carbocycles. The van der Waals surface area contributed by atoms with E-state index in [-0.39, 0.29) is 0 Å². The summed E-state index contributed by atoms with van der Waals surface area (Å²) in [5.74, 6) is 1.57. The van der Waals surface area contributed by atoms with Crippen LogP contribution < -0.4 is 10.1 Å². The van der Waals surface area contributed by atoms with E-state index in [2.05, 4.69) is 38.2 Å². The van der Waals surface area contributed by atoms with Gasteiger partial charge < -0.3 is 15.0 Å². The van der Waals surface area contributed by atoms with Crippen LogP contribution in [0.1, 0.15) is 13.8 Å². The second-order valence-electron chi connectivity index (χ2n) is 5.23. The van der Waals surface area contributed by atoms with E-state index >= 15 is 0 Å². The zero-order valence-electron chi connectivity index (χ0n) is 12.0. The van der Waals surface area contributed by atoms with Crippen molar-refractivity contribution in [2.45, 2.75) is 19.9 Å². The molecule has 0 amide bonds. The molecule has 1 unspecified atom stereocenters. The molecule has 1 rings (SSSR count). The smallest absolute Gasteiger partial charge is 0.119 e. The quantitative estimate of drug-likeness (QED) is 0.716. The van der Waals surface area contributed by atoms with Gasteiger partial charge in [0.2, 0.25) is 0 Å². The SMILES string of the molecule is CC(C)C(CN(C)C)NCCOc1ccccc1. The Kier molecular flexibility index (Phi) is 6.76. The molecule has 0 radical (unpaired) electrons. The Hall–Kier alpha value is -1.06. The predicted molar refractivity (Wildman–Crippen MR) is 77.1 cm³/mol. The van der Waals surface area contributed by atoms with Gasteiger partial charge >= 0.3 is 0 Å². The zero-order chi connectivity index (χ0) is 13.4. The third-order valence-corrected chi connectivity index (χ3v) is 2.89. The molecule has 18 heavy (non-hydrogen) atoms. The second-order valence-corrected chi connectivity index (χ2v) is 5.23. The van der Waals surface area contributed by atoms with Crippen LogP contribution in [0.4, 0.5) is 0 Å². The van der Waals surface area contributed by atoms with Gasteiger partial charge in [-0.25, -0.2) is 0 Å². The number of para-hydroxylation sites is 1. The van der Waals surface area contributed by atoms with Gasteiger partial charge in [-0.2, -0.15) is 0 Å². The average Bonchev–Trinajstić information content (AvgIpc) is 2.33. The summed E-state index contributed by atoms with van der Waals surface area (Å²) < 4.78 is 5.67. The number of nitrogens with one attached hydrogen (secondary N) is 1. The van der Waals surface area contributed by atoms with Crippen molar-refractivity contribution in [2.24, 2.45) is 5.92 Å². The van der Waals surface area contributed by atoms with Crippen molar-refractivity contribution >= 4 is 0 Å². The van der Waals surface area contributed by atoms with Gasteiger partial charge in [-0.1, -0.05) is 32.0 Å². The normalized spacial score (nSPS) is 13.0. The van der Waals surface area contributed by atoms with E-state index in [0.29, 0.717) is 18.6 Å². The number of nitrogens with zero attached hydrogens (tertiary/aromatic N) is 1. The summed E-state index contributed by atoms with van der Waals surface area (Å²) in [4.78, 5) is 2.22. The fraction of sp³-hybridized carbons (Fsp3) is 0.600. The van der Waals surface area contributed by atoms with Gasteiger partial charge in [-0.15, -0.1) is 0 Å². The minimum absolute atomic E-state index is 0.513. The lowest BCUT2D eigenvalue weighted by Gasteiger charge is -2.25. The molecule has 0 bridgehead atoms. The van der Waals surface area contributed by atoms with Gasteiger partial charge in [0.1, 0.15) is 12.4 Å². The minimum atomic E-state index is 0.513. The van der Waals surface area contributed by atoms with Crippen molar-refractivity contribution in [3.8, 4) is 5.75 Å². The topological polar surface area (TPSA) is 24.5 Å². The summed E-state index contributed by atoms with van der Waals surface area (Å²) in [5, 5.41) is 3.55. The molecule has 0 aliphatic rings. The van der Waals surface area contributed by atoms with Gasteiger partial charge in [0.15, 0.2) is 0 Å². The lowest BCUT2D eigenvalue weighted by atomic mass is 10.0. The van der Waals surface area contributed by atoms with Crippen LogP contribution in [0, 0.1) is 5.92 Å². The minimum Gasteiger partial charge on any atom is -0.492 e. The summed E-state index contributed by atoms with van der Waals surface area (Å²) in [6.45, 7) is 7.15. The van der Waals surface area contributed by atoms with E-state index in [4.69, 9.17) is 4.74 Å². The van der Waals surface area contributed by atoms with E-state index in [1.165, 1.54) is 0 Å². The molecule has 0 aliphatic heterocycles. The van der Waals surface area contributed by atoms with Gasteiger partial charge in [0.25, 0.3) is 0 Å². The van der Waals surface area contributed by atoms with Crippen LogP contribution in [0.3, 0.4) is 0 Å². The Morgan fingerprint density at radius 1 is 1.17 bits per heavy atom. The highest BCUT2D eigenvalue weighted by Gasteiger charge is 2.12. The van der Waals surface area contributed by atoms with Crippen LogP contribution in [0.5, 0.6) is 5.75 Å². The highest BCUT2D eigenvalue weighted by atomic mass is 16.5. The van der Waals surface area contributed by atoms with E-state index in [0.717, 1.165) is 18.8 Å². The first-order valence-corrected chi connectivity index (χ1v) is 6.65. The number of hydrogen-bond donors (Lipinski definition) is 1. The third kappa shape index (κ3) is 6.03. The van der Waals surface area contributed by atoms with Crippen LogP contribution >= 0.6 is 0 Å². The molecule has 0 saturated carbocycles. The zero-order valence-corrected chi connectivity index (χ0v) is 12.0. The van der Waals surface area contributed by atoms with Crippen LogP contribution in [0.2, 0.25) is 0 Å². The summed E-state index contributed by atoms with van der Waals surface area (Å²) in [7, 11) is 4.22. The van der Waals surface area contributed by atoms with E-state index < -0.39 is 0 Å². The molecule has 1 atom stereocenters. The molecule has 0 saturated heterocycles. The molecule has 0 aliphatic carbocycles. The van der Waals surface area contributed by atoms with E-state index in [1.54, 1.807) is 0 Å². The van der Waals surface area contributed by atoms with Gasteiger partial charge in [-0.05, 0) is 32.1 Å². The third-order valence-electron chi connectivity index (χ3n) is 2.89. The maximum atomic E-state index is 5.67. The maximum Gasteiger partial charge on any atom is 0.119 e. The van der Waals surface area contributed by atoms with Crippen molar-refractivity contribution < 1.29 is 4.74 Å². The van der Waals surface area contributed by atoms with Crippen LogP contribution in [0.25, 0.3) is 0 Å². The molecule has 0 aromatic heterocycles. The summed E-state index contributed by atoms with van der Waals surface area (Å²) in [6.07, 6.45) is 0. The fourth-order valence-corrected chi connectivity index (χ4v) is 1.83. The number of hydrogen-bond acceptors (Lipinski definition) is 3. The number of benzene rings is 1. The van der Waals surface area contributed by atoms with Crippen molar-refractivity contribution in [1.82, 2.24) is 10.2 Å². The Morgan fingerprint density at radius 2 is 1.83 bits per heavy atom. The van der Waals surface area contributed by atoms with Crippen molar-refractivity contribution in [2.75, 3.05) is 33.8 Å². The van der Waals surface area contributed by atoms with Gasteiger partial charge in [-0.3, -0.25) is 0 Å². The molecule has 0 fully saturated rings. The fourth-order valence-electron chi connectivity index (χ4n) is 1.83. The number of ether oxygens (including phenoxy) is 1. The molecule has 102 valence electrons. The average molecular weight is 250 g/mol. The van der Waals surface area contributed by atoms with Crippen molar-refractivity contribution in [3.05, 3.63) is 30.3 Å². The molecular weight excluding hydrogens is 224 g/mol. The van der Waals surface area contributed by atoms with Crippen LogP contribution in [-0.2, 0) is 0 Å². The van der Waals surface area contributed by atoms with E-state index in [9.17, 15) is 0 Å². The Labute approximate surface area is 111 Å². The Bertz CT molecular complexity index is 312. The molecule has 1 N–H and O–H groups in total. The van der Waals surface area contributed by atoms with Gasteiger partial charge in [0, 0.05) is 19.1 Å². The van der Waals surface area contributed by atoms with Crippen molar-refractivity contribution in [1.29, 1.82) is 0 Å². The molecule has 1 aromatic rings. The Morgan fingerprint density at radius 3 is 2.39 bits per heavy atom. The summed E-state index contributed by atoms with van der Waals surface area (Å²) in [6, 6.07) is 10.5. The highest BCUT2D eigenvalue weighted by molar-refractivity contribution is 5.20. The molecular formula is C15H26N2O. The van der Waals surface area contributed by atoms with Crippen LogP contribution in [0.15, 0.2) is 30.3 Å². The second kappa shape index (κ2) is 8.11. The predicted octanol–water partition coefficient (Wildman–Crippen LogP) is 2.24. The molecule has 0 heterocycles. The largest absolute Gasteiger partial charge is 0.492 e. The van der Waals surface area contributed by atoms with E-state index in [1.807, 2.05) is 30.3 Å². The molecule has 3 nitrogen and oxygen atoms in total. The first-order valence-electron chi connectivity index (χ1n) is 6.65. The van der Waals surface area contributed by atoms with Gasteiger partial charge in [0.05, 0.1) is 0 Å². The summed E-state index contributed by atoms with van der Waals surface area (Å²) >= 11 is 0. The first-order chi connectivity index (χ1) is 8.59. The maximum absolute atomic E-state index is 5.67. The number of rotatable bonds is 8. The lowest BCUT2D eigenvalue weighted by Crippen LogP contribution is -2.43. The lowest BCUT2D eigenvalue weighted by molar-refractivity contribution is 0.259. The standard InChI is InChI=1S/C15H26N2O/c1-13(2)15(12-17(3)4)16-10-11-18-14-8-6-5-7-9-14/h5-9,13,15-16H,10-12H2,1-4H3. The van der Waals surface area contributed by atoms with Crippen molar-refractivity contribution in [3.63, 3.8) is 0 Å². The Balaban J connectivity index is 2.23. The molecule has 3 heteroatoms. The number of likely N-dealkylation sites (N-methyl/N-ethyl adjacent to an activating group) is 1. The molecule has 0 spiro atoms.